The molecule has 1 unspecified atom stereocenters. The molecule has 0 aromatic rings. The third-order valence-electron chi connectivity index (χ3n) is 3.07. The topological polar surface area (TPSA) is 44.8 Å². The summed E-state index contributed by atoms with van der Waals surface area (Å²) in [6, 6.07) is 0. The molecule has 0 radical (unpaired) electrons. The molecule has 0 heterocycles. The molecule has 0 aromatic heterocycles. The van der Waals surface area contributed by atoms with E-state index in [-0.39, 0.29) is 5.28 Å². The van der Waals surface area contributed by atoms with Crippen LogP contribution in [-0.4, -0.2) is 47.2 Å². The van der Waals surface area contributed by atoms with Gasteiger partial charge in [0, 0.05) is 19.8 Å². The second kappa shape index (κ2) is 10.1. The van der Waals surface area contributed by atoms with Gasteiger partial charge in [0.2, 0.25) is 0 Å². The molecule has 0 aliphatic carbocycles. The molecule has 0 saturated carbocycles. The molecule has 0 saturated heterocycles. The lowest BCUT2D eigenvalue weighted by Gasteiger charge is -2.37. The van der Waals surface area contributed by atoms with Crippen molar-refractivity contribution in [3.63, 3.8) is 0 Å². The van der Waals surface area contributed by atoms with Gasteiger partial charge in [0.15, 0.2) is 0 Å². The van der Waals surface area contributed by atoms with E-state index in [2.05, 4.69) is 20.8 Å². The average Bonchev–Trinajstić information content (AvgIpc) is 2.39. The van der Waals surface area contributed by atoms with Gasteiger partial charge in [-0.15, -0.1) is 0 Å². The Morgan fingerprint density at radius 1 is 0.850 bits per heavy atom. The first-order valence-electron chi connectivity index (χ1n) is 7.84. The molecule has 0 aliphatic heterocycles. The summed E-state index contributed by atoms with van der Waals surface area (Å²) >= 11 is 0. The summed E-state index contributed by atoms with van der Waals surface area (Å²) in [4.78, 5) is 0. The second-order valence-corrected chi connectivity index (χ2v) is 12.3. The van der Waals surface area contributed by atoms with E-state index in [0.717, 1.165) is 25.7 Å². The summed E-state index contributed by atoms with van der Waals surface area (Å²) in [7, 11) is -5.22. The lowest BCUT2D eigenvalue weighted by Crippen LogP contribution is -2.56. The van der Waals surface area contributed by atoms with Crippen LogP contribution in [0.1, 0.15) is 53.4 Å². The van der Waals surface area contributed by atoms with Gasteiger partial charge in [0.25, 0.3) is 0 Å². The fraction of sp³-hybridized carbons (Fsp3) is 1.00. The molecule has 0 aliphatic rings. The molecule has 0 fully saturated rings. The van der Waals surface area contributed by atoms with Crippen LogP contribution in [-0.2, 0) is 17.8 Å². The Hall–Kier alpha value is 0.327. The molecule has 122 valence electrons. The lowest BCUT2D eigenvalue weighted by molar-refractivity contribution is 0.0564. The van der Waals surface area contributed by atoms with Crippen LogP contribution in [0.25, 0.3) is 0 Å². The normalized spacial score (nSPS) is 14.5. The zero-order chi connectivity index (χ0) is 15.6. The number of hydrogen-bond acceptors (Lipinski definition) is 4. The first-order chi connectivity index (χ1) is 9.37. The van der Waals surface area contributed by atoms with E-state index >= 15 is 0 Å². The van der Waals surface area contributed by atoms with Crippen molar-refractivity contribution in [2.75, 3.05) is 33.2 Å². The maximum absolute atomic E-state index is 12.7. The molecule has 0 bridgehead atoms. The molecule has 0 aromatic carbocycles. The summed E-state index contributed by atoms with van der Waals surface area (Å²) < 4.78 is 30.9. The second-order valence-electron chi connectivity index (χ2n) is 5.51. The van der Waals surface area contributed by atoms with Gasteiger partial charge < -0.3 is 17.8 Å². The summed E-state index contributed by atoms with van der Waals surface area (Å²) in [5.74, 6) is 0. The van der Waals surface area contributed by atoms with E-state index < -0.39 is 15.9 Å². The Labute approximate surface area is 126 Å². The molecule has 20 heavy (non-hydrogen) atoms. The number of rotatable bonds is 12. The third kappa shape index (κ3) is 6.40. The molecule has 0 rings (SSSR count). The zero-order valence-corrected chi connectivity index (χ0v) is 16.0. The summed E-state index contributed by atoms with van der Waals surface area (Å²) in [5.41, 5.74) is 0. The predicted molar refractivity (Wildman–Crippen MR) is 88.0 cm³/mol. The van der Waals surface area contributed by atoms with Gasteiger partial charge >= 0.3 is 8.80 Å². The maximum Gasteiger partial charge on any atom is 0.511 e. The van der Waals surface area contributed by atoms with E-state index in [1.54, 1.807) is 0 Å². The number of hydrogen-bond donors (Lipinski definition) is 0. The molecule has 6 heteroatoms. The van der Waals surface area contributed by atoms with Crippen LogP contribution in [0.4, 0.5) is 0 Å². The van der Waals surface area contributed by atoms with Crippen LogP contribution in [0, 0.1) is 0 Å². The van der Waals surface area contributed by atoms with E-state index in [4.69, 9.17) is 13.3 Å². The molecular weight excluding hydrogens is 291 g/mol. The first-order valence-corrected chi connectivity index (χ1v) is 12.3. The Balaban J connectivity index is 5.34. The van der Waals surface area contributed by atoms with Crippen molar-refractivity contribution < 1.29 is 17.8 Å². The molecule has 0 amide bonds. The molecular formula is C14H33O4PSi. The van der Waals surface area contributed by atoms with Crippen LogP contribution in [0.15, 0.2) is 0 Å². The molecule has 0 N–H and O–H groups in total. The molecule has 0 spiro atoms. The van der Waals surface area contributed by atoms with Gasteiger partial charge in [-0.1, -0.05) is 27.7 Å². The van der Waals surface area contributed by atoms with Crippen LogP contribution in [0.2, 0.25) is 0 Å². The van der Waals surface area contributed by atoms with Crippen molar-refractivity contribution in [1.29, 1.82) is 0 Å². The highest BCUT2D eigenvalue weighted by molar-refractivity contribution is 7.65. The smallest absolute Gasteiger partial charge is 0.373 e. The minimum Gasteiger partial charge on any atom is -0.373 e. The van der Waals surface area contributed by atoms with Crippen molar-refractivity contribution in [2.45, 2.75) is 58.7 Å². The maximum atomic E-state index is 12.7. The van der Waals surface area contributed by atoms with E-state index in [1.807, 2.05) is 20.3 Å². The van der Waals surface area contributed by atoms with Gasteiger partial charge in [0.1, 0.15) is 0 Å². The van der Waals surface area contributed by atoms with Crippen molar-refractivity contribution in [2.24, 2.45) is 0 Å². The summed E-state index contributed by atoms with van der Waals surface area (Å²) in [6.45, 7) is 13.7. The lowest BCUT2D eigenvalue weighted by atomic mass is 10.5. The Bertz CT molecular complexity index is 271. The quantitative estimate of drug-likeness (QED) is 0.400. The Morgan fingerprint density at radius 2 is 1.20 bits per heavy atom. The Morgan fingerprint density at radius 3 is 1.40 bits per heavy atom. The largest absolute Gasteiger partial charge is 0.511 e. The van der Waals surface area contributed by atoms with Gasteiger partial charge in [0.05, 0.1) is 12.4 Å². The van der Waals surface area contributed by atoms with E-state index in [1.165, 1.54) is 0 Å². The fourth-order valence-electron chi connectivity index (χ4n) is 2.22. The van der Waals surface area contributed by atoms with Crippen LogP contribution < -0.4 is 0 Å². The highest BCUT2D eigenvalue weighted by Crippen LogP contribution is 2.49. The third-order valence-corrected chi connectivity index (χ3v) is 10.8. The van der Waals surface area contributed by atoms with Crippen molar-refractivity contribution in [1.82, 2.24) is 0 Å². The van der Waals surface area contributed by atoms with Gasteiger partial charge in [-0.2, -0.15) is 0 Å². The zero-order valence-electron chi connectivity index (χ0n) is 14.1. The molecule has 4 nitrogen and oxygen atoms in total. The van der Waals surface area contributed by atoms with E-state index in [9.17, 15) is 4.57 Å². The van der Waals surface area contributed by atoms with Crippen LogP contribution in [0.3, 0.4) is 0 Å². The summed E-state index contributed by atoms with van der Waals surface area (Å²) in [6.07, 6.45) is 3.50. The predicted octanol–water partition coefficient (Wildman–Crippen LogP) is 4.15. The minimum atomic E-state index is -2.89. The van der Waals surface area contributed by atoms with Crippen LogP contribution in [0.5, 0.6) is 0 Å². The highest BCUT2D eigenvalue weighted by Gasteiger charge is 2.53. The van der Waals surface area contributed by atoms with Crippen molar-refractivity contribution in [3.8, 4) is 0 Å². The molecule has 1 atom stereocenters. The minimum absolute atomic E-state index is 0.0975. The van der Waals surface area contributed by atoms with E-state index in [0.29, 0.717) is 19.8 Å². The standard InChI is InChI=1S/C14H33O4PSi/c1-7-11-16-20(17-12-8-2,18-13-9-3)14(10-4)19(5,6)15/h14H,7-13H2,1-6H3. The van der Waals surface area contributed by atoms with Gasteiger partial charge in [-0.05, 0) is 39.0 Å². The monoisotopic (exact) mass is 324 g/mol. The van der Waals surface area contributed by atoms with Gasteiger partial charge in [-0.25, -0.2) is 0 Å². The highest BCUT2D eigenvalue weighted by atomic mass is 31.2. The average molecular weight is 324 g/mol. The van der Waals surface area contributed by atoms with Crippen molar-refractivity contribution >= 4 is 15.9 Å². The van der Waals surface area contributed by atoms with Gasteiger partial charge in [-0.3, -0.25) is 0 Å². The van der Waals surface area contributed by atoms with Crippen LogP contribution >= 0.6 is 7.14 Å². The Kier molecular flexibility index (Phi) is 10.3. The summed E-state index contributed by atoms with van der Waals surface area (Å²) in [5, 5.41) is -0.0975. The van der Waals surface area contributed by atoms with Crippen molar-refractivity contribution in [3.05, 3.63) is 0 Å². The fourth-order valence-corrected chi connectivity index (χ4v) is 9.61. The SMILES string of the molecule is CCCO[Si](OCCC)(OCCC)C(CC)P(C)(C)=O. The first kappa shape index (κ1) is 20.3.